The molecule has 4 heterocycles. The van der Waals surface area contributed by atoms with Crippen LogP contribution in [0.5, 0.6) is 0 Å². The number of alkyl halides is 3. The number of carbonyl (C=O) groups is 2. The van der Waals surface area contributed by atoms with Crippen LogP contribution in [0.15, 0.2) is 48.9 Å². The third-order valence-electron chi connectivity index (χ3n) is 6.23. The van der Waals surface area contributed by atoms with E-state index in [1.165, 1.54) is 29.4 Å². The summed E-state index contributed by atoms with van der Waals surface area (Å²) in [7, 11) is 0. The van der Waals surface area contributed by atoms with Crippen molar-refractivity contribution in [2.45, 2.75) is 25.6 Å². The molecule has 4 aromatic rings. The van der Waals surface area contributed by atoms with Crippen molar-refractivity contribution in [2.24, 2.45) is 0 Å². The van der Waals surface area contributed by atoms with Crippen molar-refractivity contribution in [1.29, 1.82) is 0 Å². The molecule has 9 nitrogen and oxygen atoms in total. The minimum Gasteiger partial charge on any atom is -0.341 e. The summed E-state index contributed by atoms with van der Waals surface area (Å²) in [6.07, 6.45) is -0.628. The minimum absolute atomic E-state index is 0.0541. The molecule has 0 atom stereocenters. The maximum absolute atomic E-state index is 13.9. The number of carbonyl (C=O) groups excluding carboxylic acids is 2. The van der Waals surface area contributed by atoms with Gasteiger partial charge in [-0.25, -0.2) is 18.9 Å². The second-order valence-corrected chi connectivity index (χ2v) is 9.28. The molecule has 1 aromatic carbocycles. The van der Waals surface area contributed by atoms with E-state index in [-0.39, 0.29) is 48.3 Å². The Kier molecular flexibility index (Phi) is 5.72. The Bertz CT molecular complexity index is 1480. The van der Waals surface area contributed by atoms with Crippen molar-refractivity contribution < 1.29 is 27.2 Å². The van der Waals surface area contributed by atoms with E-state index in [9.17, 15) is 27.2 Å². The summed E-state index contributed by atoms with van der Waals surface area (Å²) in [5.41, 5.74) is -2.43. The maximum Gasteiger partial charge on any atom is 0.420 e. The second kappa shape index (κ2) is 8.68. The molecular weight excluding hydrogens is 494 g/mol. The van der Waals surface area contributed by atoms with Gasteiger partial charge < -0.3 is 14.8 Å². The van der Waals surface area contributed by atoms with Gasteiger partial charge in [0.15, 0.2) is 11.5 Å². The molecule has 5 rings (SSSR count). The lowest BCUT2D eigenvalue weighted by Crippen LogP contribution is -2.62. The molecule has 0 unspecified atom stereocenters. The van der Waals surface area contributed by atoms with Crippen LogP contribution in [0.25, 0.3) is 16.9 Å². The van der Waals surface area contributed by atoms with Crippen molar-refractivity contribution in [1.82, 2.24) is 34.4 Å². The molecule has 13 heteroatoms. The van der Waals surface area contributed by atoms with Gasteiger partial charge in [0.25, 0.3) is 11.8 Å². The number of hydrogen-bond acceptors (Lipinski definition) is 5. The number of aromatic nitrogens is 5. The van der Waals surface area contributed by atoms with E-state index in [2.05, 4.69) is 20.1 Å². The van der Waals surface area contributed by atoms with Crippen LogP contribution in [-0.4, -0.2) is 71.4 Å². The van der Waals surface area contributed by atoms with Gasteiger partial charge in [-0.3, -0.25) is 9.59 Å². The zero-order valence-electron chi connectivity index (χ0n) is 19.8. The van der Waals surface area contributed by atoms with Crippen molar-refractivity contribution in [3.05, 3.63) is 71.8 Å². The molecule has 1 aliphatic rings. The fourth-order valence-corrected chi connectivity index (χ4v) is 4.43. The fraction of sp³-hybridized carbons (Fsp3) is 0.292. The molecule has 192 valence electrons. The van der Waals surface area contributed by atoms with Gasteiger partial charge in [-0.15, -0.1) is 0 Å². The van der Waals surface area contributed by atoms with E-state index < -0.39 is 34.7 Å². The number of fused-ring (bicyclic) bond motifs is 1. The van der Waals surface area contributed by atoms with Gasteiger partial charge in [-0.05, 0) is 44.2 Å². The van der Waals surface area contributed by atoms with Gasteiger partial charge in [0.1, 0.15) is 17.1 Å². The highest BCUT2D eigenvalue weighted by Gasteiger charge is 2.41. The smallest absolute Gasteiger partial charge is 0.341 e. The van der Waals surface area contributed by atoms with Crippen molar-refractivity contribution in [3.63, 3.8) is 0 Å². The third-order valence-corrected chi connectivity index (χ3v) is 6.23. The predicted molar refractivity (Wildman–Crippen MR) is 123 cm³/mol. The number of nitrogens with zero attached hydrogens (tertiary/aromatic N) is 6. The monoisotopic (exact) mass is 515 g/mol. The summed E-state index contributed by atoms with van der Waals surface area (Å²) in [4.78, 5) is 39.9. The highest BCUT2D eigenvalue weighted by atomic mass is 19.4. The third kappa shape index (κ3) is 4.52. The van der Waals surface area contributed by atoms with Crippen LogP contribution < -0.4 is 0 Å². The molecule has 1 N–H and O–H groups in total. The average Bonchev–Trinajstić information content (AvgIpc) is 3.52. The number of rotatable bonds is 3. The molecule has 0 bridgehead atoms. The van der Waals surface area contributed by atoms with Crippen LogP contribution in [0.3, 0.4) is 0 Å². The normalized spacial score (nSPS) is 15.8. The van der Waals surface area contributed by atoms with Crippen LogP contribution in [0.4, 0.5) is 17.6 Å². The zero-order chi connectivity index (χ0) is 26.5. The summed E-state index contributed by atoms with van der Waals surface area (Å²) >= 11 is 0. The first-order valence-electron chi connectivity index (χ1n) is 11.3. The van der Waals surface area contributed by atoms with Crippen LogP contribution in [-0.2, 0) is 6.18 Å². The highest BCUT2D eigenvalue weighted by Crippen LogP contribution is 2.35. The lowest BCUT2D eigenvalue weighted by Gasteiger charge is -2.46. The number of hydrogen-bond donors (Lipinski definition) is 1. The van der Waals surface area contributed by atoms with Crippen LogP contribution in [0.1, 0.15) is 40.5 Å². The first-order valence-corrected chi connectivity index (χ1v) is 11.3. The minimum atomic E-state index is -4.78. The molecule has 37 heavy (non-hydrogen) atoms. The van der Waals surface area contributed by atoms with Gasteiger partial charge >= 0.3 is 6.18 Å². The number of nitrogens with one attached hydrogen (secondary N) is 1. The molecule has 2 amide bonds. The van der Waals surface area contributed by atoms with Crippen LogP contribution in [0, 0.1) is 5.82 Å². The Morgan fingerprint density at radius 2 is 1.81 bits per heavy atom. The standard InChI is InChI=1S/C24H21F4N7O2/c1-23(2)13-33(22(37)19-29-7-8-30-19)9-10-34(23)21(36)18-12-35-20(31-18)16(24(26,27)28)11-17(32-35)14-3-5-15(25)6-4-14/h3-8,11-12H,9-10,13H2,1-2H3,(H,29,30). The Morgan fingerprint density at radius 3 is 2.43 bits per heavy atom. The van der Waals surface area contributed by atoms with Crippen LogP contribution in [0.2, 0.25) is 0 Å². The van der Waals surface area contributed by atoms with Gasteiger partial charge in [0.05, 0.1) is 17.4 Å². The summed E-state index contributed by atoms with van der Waals surface area (Å²) in [5.74, 6) is -1.26. The van der Waals surface area contributed by atoms with E-state index in [4.69, 9.17) is 0 Å². The first kappa shape index (κ1) is 24.4. The first-order chi connectivity index (χ1) is 17.4. The Hall–Kier alpha value is -4.29. The van der Waals surface area contributed by atoms with E-state index in [1.807, 2.05) is 0 Å². The SMILES string of the molecule is CC1(C)CN(C(=O)c2ncc[nH]2)CCN1C(=O)c1cn2nc(-c3ccc(F)cc3)cc(C(F)(F)F)c2n1. The zero-order valence-corrected chi connectivity index (χ0v) is 19.8. The summed E-state index contributed by atoms with van der Waals surface area (Å²) < 4.78 is 56.0. The van der Waals surface area contributed by atoms with Gasteiger partial charge in [0, 0.05) is 37.6 Å². The molecule has 3 aromatic heterocycles. The lowest BCUT2D eigenvalue weighted by molar-refractivity contribution is -0.136. The molecule has 1 saturated heterocycles. The summed E-state index contributed by atoms with van der Waals surface area (Å²) in [6, 6.07) is 5.70. The Morgan fingerprint density at radius 1 is 1.08 bits per heavy atom. The Balaban J connectivity index is 1.47. The van der Waals surface area contributed by atoms with Gasteiger partial charge in [-0.2, -0.15) is 18.3 Å². The fourth-order valence-electron chi connectivity index (χ4n) is 4.43. The van der Waals surface area contributed by atoms with E-state index in [0.717, 1.165) is 28.9 Å². The van der Waals surface area contributed by atoms with Gasteiger partial charge in [-0.1, -0.05) is 0 Å². The summed E-state index contributed by atoms with van der Waals surface area (Å²) in [6.45, 7) is 4.06. The number of benzene rings is 1. The molecule has 0 aliphatic carbocycles. The average molecular weight is 515 g/mol. The Labute approximate surface area is 207 Å². The number of H-pyrrole nitrogens is 1. The highest BCUT2D eigenvalue weighted by molar-refractivity contribution is 5.94. The van der Waals surface area contributed by atoms with E-state index in [0.29, 0.717) is 0 Å². The molecular formula is C24H21F4N7O2. The number of halogens is 4. The molecule has 1 fully saturated rings. The number of imidazole rings is 2. The van der Waals surface area contributed by atoms with Gasteiger partial charge in [0.2, 0.25) is 0 Å². The lowest BCUT2D eigenvalue weighted by atomic mass is 9.98. The van der Waals surface area contributed by atoms with Crippen molar-refractivity contribution in [2.75, 3.05) is 19.6 Å². The predicted octanol–water partition coefficient (Wildman–Crippen LogP) is 3.65. The second-order valence-electron chi connectivity index (χ2n) is 9.28. The number of piperazine rings is 1. The largest absolute Gasteiger partial charge is 0.420 e. The molecule has 0 spiro atoms. The topological polar surface area (TPSA) is 99.5 Å². The molecule has 0 radical (unpaired) electrons. The molecule has 1 aliphatic heterocycles. The van der Waals surface area contributed by atoms with Crippen molar-refractivity contribution in [3.8, 4) is 11.3 Å². The quantitative estimate of drug-likeness (QED) is 0.420. The van der Waals surface area contributed by atoms with E-state index >= 15 is 0 Å². The molecule has 0 saturated carbocycles. The maximum atomic E-state index is 13.9. The van der Waals surface area contributed by atoms with Crippen LogP contribution >= 0.6 is 0 Å². The van der Waals surface area contributed by atoms with E-state index in [1.54, 1.807) is 18.7 Å². The number of aromatic amines is 1. The van der Waals surface area contributed by atoms with Crippen molar-refractivity contribution >= 4 is 17.5 Å². The summed E-state index contributed by atoms with van der Waals surface area (Å²) in [5, 5.41) is 4.20. The number of amides is 2.